The lowest BCUT2D eigenvalue weighted by Crippen LogP contribution is -2.35. The van der Waals surface area contributed by atoms with E-state index < -0.39 is 24.6 Å². The van der Waals surface area contributed by atoms with E-state index in [1.807, 2.05) is 50.2 Å². The molecular weight excluding hydrogens is 650 g/mol. The first-order valence-corrected chi connectivity index (χ1v) is 16.5. The lowest BCUT2D eigenvalue weighted by Gasteiger charge is -2.24. The summed E-state index contributed by atoms with van der Waals surface area (Å²) in [5.41, 5.74) is 7.28. The second kappa shape index (κ2) is 13.6. The average molecular weight is 687 g/mol. The van der Waals surface area contributed by atoms with Crippen LogP contribution in [0.15, 0.2) is 57.4 Å². The minimum Gasteiger partial charge on any atom is -0.481 e. The number of aliphatic carboxylic acids is 2. The fraction of sp³-hybridized carbons (Fsp3) is 0.351. The first-order valence-electron chi connectivity index (χ1n) is 16.5. The number of hydrogen-bond acceptors (Lipinski definition) is 9. The molecule has 260 valence electrons. The van der Waals surface area contributed by atoms with E-state index in [1.165, 1.54) is 6.07 Å². The second-order valence-corrected chi connectivity index (χ2v) is 12.8. The Labute approximate surface area is 286 Å². The molecule has 4 heterocycles. The number of oxazole rings is 2. The summed E-state index contributed by atoms with van der Waals surface area (Å²) in [6.45, 7) is 3.27. The lowest BCUT2D eigenvalue weighted by atomic mass is 9.91. The number of alkyl halides is 2. The van der Waals surface area contributed by atoms with Crippen LogP contribution in [-0.2, 0) is 29.1 Å². The smallest absolute Gasteiger partial charge is 0.387 e. The van der Waals surface area contributed by atoms with Crippen molar-refractivity contribution < 1.29 is 42.2 Å². The van der Waals surface area contributed by atoms with Gasteiger partial charge in [-0.15, -0.1) is 0 Å². The first kappa shape index (κ1) is 33.4. The van der Waals surface area contributed by atoms with Gasteiger partial charge < -0.3 is 23.8 Å². The lowest BCUT2D eigenvalue weighted by molar-refractivity contribution is -0.142. The molecule has 1 atom stereocenters. The summed E-state index contributed by atoms with van der Waals surface area (Å²) >= 11 is 0. The third-order valence-electron chi connectivity index (χ3n) is 9.68. The molecule has 0 spiro atoms. The molecule has 13 heteroatoms. The van der Waals surface area contributed by atoms with Crippen LogP contribution in [0.25, 0.3) is 45.1 Å². The largest absolute Gasteiger partial charge is 0.481 e. The van der Waals surface area contributed by atoms with Crippen molar-refractivity contribution in [2.75, 3.05) is 19.6 Å². The molecule has 0 unspecified atom stereocenters. The molecule has 0 aliphatic carbocycles. The van der Waals surface area contributed by atoms with E-state index in [2.05, 4.69) is 4.90 Å². The number of carboxylic acid groups (broad SMARTS) is 2. The van der Waals surface area contributed by atoms with Crippen LogP contribution in [0, 0.1) is 13.8 Å². The number of rotatable bonds is 11. The molecule has 2 aromatic heterocycles. The van der Waals surface area contributed by atoms with Crippen molar-refractivity contribution in [3.05, 3.63) is 76.7 Å². The molecule has 50 heavy (non-hydrogen) atoms. The Hall–Kier alpha value is -5.14. The highest BCUT2D eigenvalue weighted by Gasteiger charge is 2.32. The number of hydrogen-bond donors (Lipinski definition) is 2. The number of fused-ring (bicyclic) bond motifs is 2. The van der Waals surface area contributed by atoms with Gasteiger partial charge in [0.2, 0.25) is 11.8 Å². The molecule has 1 fully saturated rings. The van der Waals surface area contributed by atoms with Crippen LogP contribution in [-0.4, -0.2) is 74.2 Å². The Balaban J connectivity index is 1.20. The normalized spacial score (nSPS) is 16.7. The molecule has 3 aromatic carbocycles. The maximum absolute atomic E-state index is 13.4. The first-order chi connectivity index (χ1) is 24.0. The van der Waals surface area contributed by atoms with Crippen LogP contribution < -0.4 is 4.74 Å². The molecule has 0 radical (unpaired) electrons. The zero-order chi connectivity index (χ0) is 35.1. The fourth-order valence-electron chi connectivity index (χ4n) is 7.09. The Morgan fingerprint density at radius 1 is 0.960 bits per heavy atom. The Kier molecular flexibility index (Phi) is 9.10. The van der Waals surface area contributed by atoms with Crippen molar-refractivity contribution in [3.63, 3.8) is 0 Å². The zero-order valence-corrected chi connectivity index (χ0v) is 27.6. The number of likely N-dealkylation sites (tertiary alicyclic amines) is 1. The van der Waals surface area contributed by atoms with Crippen molar-refractivity contribution in [3.8, 4) is 39.8 Å². The third-order valence-corrected chi connectivity index (χ3v) is 9.68. The SMILES string of the molecule is Cc1c(-c2nc3c(o2)CCN(CCC(=O)O)C3)cccc1-c1cccc(-c2nc3cc(CN4CCC[C@H]4C(=O)O)c(OC(F)F)cc3o2)c1C. The highest BCUT2D eigenvalue weighted by atomic mass is 19.3. The minimum absolute atomic E-state index is 0.0755. The average Bonchev–Trinajstić information content (AvgIpc) is 3.82. The predicted molar refractivity (Wildman–Crippen MR) is 179 cm³/mol. The van der Waals surface area contributed by atoms with Gasteiger partial charge in [-0.1, -0.05) is 24.3 Å². The van der Waals surface area contributed by atoms with Crippen molar-refractivity contribution in [2.45, 2.75) is 65.3 Å². The molecule has 0 amide bonds. The summed E-state index contributed by atoms with van der Waals surface area (Å²) in [5.74, 6) is -0.203. The number of carbonyl (C=O) groups is 2. The summed E-state index contributed by atoms with van der Waals surface area (Å²) in [5, 5.41) is 18.7. The molecule has 1 saturated heterocycles. The summed E-state index contributed by atoms with van der Waals surface area (Å²) < 4.78 is 44.1. The fourth-order valence-corrected chi connectivity index (χ4v) is 7.09. The molecule has 7 rings (SSSR count). The number of carboxylic acids is 2. The van der Waals surface area contributed by atoms with Crippen LogP contribution in [0.1, 0.15) is 47.4 Å². The van der Waals surface area contributed by atoms with Crippen molar-refractivity contribution in [1.29, 1.82) is 0 Å². The summed E-state index contributed by atoms with van der Waals surface area (Å²) in [6, 6.07) is 14.1. The summed E-state index contributed by atoms with van der Waals surface area (Å²) in [6.07, 6.45) is 1.92. The Morgan fingerprint density at radius 3 is 2.30 bits per heavy atom. The highest BCUT2D eigenvalue weighted by molar-refractivity contribution is 5.84. The number of nitrogens with zero attached hydrogens (tertiary/aromatic N) is 4. The van der Waals surface area contributed by atoms with Gasteiger partial charge in [0.05, 0.1) is 12.1 Å². The molecule has 2 N–H and O–H groups in total. The van der Waals surface area contributed by atoms with Gasteiger partial charge in [0.15, 0.2) is 5.58 Å². The monoisotopic (exact) mass is 686 g/mol. The van der Waals surface area contributed by atoms with E-state index in [-0.39, 0.29) is 24.3 Å². The minimum atomic E-state index is -3.07. The van der Waals surface area contributed by atoms with E-state index >= 15 is 0 Å². The van der Waals surface area contributed by atoms with Crippen LogP contribution in [0.4, 0.5) is 8.78 Å². The molecule has 2 aliphatic heterocycles. The van der Waals surface area contributed by atoms with Gasteiger partial charge in [0.25, 0.3) is 0 Å². The summed E-state index contributed by atoms with van der Waals surface area (Å²) in [4.78, 5) is 36.2. The van der Waals surface area contributed by atoms with Gasteiger partial charge in [0, 0.05) is 55.4 Å². The van der Waals surface area contributed by atoms with Crippen LogP contribution in [0.5, 0.6) is 5.75 Å². The molecular formula is C37H36F2N4O7. The quantitative estimate of drug-likeness (QED) is 0.150. The second-order valence-electron chi connectivity index (χ2n) is 12.8. The molecule has 0 bridgehead atoms. The van der Waals surface area contributed by atoms with Gasteiger partial charge in [0.1, 0.15) is 23.1 Å². The predicted octanol–water partition coefficient (Wildman–Crippen LogP) is 6.92. The van der Waals surface area contributed by atoms with E-state index in [4.69, 9.17) is 28.6 Å². The van der Waals surface area contributed by atoms with Crippen molar-refractivity contribution in [1.82, 2.24) is 19.8 Å². The number of halogens is 2. The van der Waals surface area contributed by atoms with E-state index in [0.717, 1.165) is 44.8 Å². The number of benzene rings is 3. The molecule has 11 nitrogen and oxygen atoms in total. The van der Waals surface area contributed by atoms with Crippen LogP contribution in [0.3, 0.4) is 0 Å². The maximum atomic E-state index is 13.4. The topological polar surface area (TPSA) is 142 Å². The summed E-state index contributed by atoms with van der Waals surface area (Å²) in [7, 11) is 0. The van der Waals surface area contributed by atoms with Crippen LogP contribution in [0.2, 0.25) is 0 Å². The number of aromatic nitrogens is 2. The maximum Gasteiger partial charge on any atom is 0.387 e. The standard InChI is InChI=1S/C37H36F2N4O7/c1-20-23(24-7-4-9-26(21(24)2)35-41-28-19-42(15-12-33(44)45)14-11-30(28)48-35)6-3-8-25(20)34-40-27-16-22(18-43-13-5-10-29(43)36(46)47)31(50-37(38)39)17-32(27)49-34/h3-4,6-9,16-17,29,37H,5,10-15,18-19H2,1-2H3,(H,44,45)(H,46,47)/t29-/m0/s1. The molecule has 2 aliphatic rings. The number of ether oxygens (including phenoxy) is 1. The Morgan fingerprint density at radius 2 is 1.64 bits per heavy atom. The van der Waals surface area contributed by atoms with E-state index in [9.17, 15) is 23.5 Å². The van der Waals surface area contributed by atoms with Gasteiger partial charge in [-0.3, -0.25) is 19.4 Å². The molecule has 5 aromatic rings. The van der Waals surface area contributed by atoms with Gasteiger partial charge in [-0.05, 0) is 73.7 Å². The third kappa shape index (κ3) is 6.58. The van der Waals surface area contributed by atoms with Gasteiger partial charge >= 0.3 is 18.6 Å². The van der Waals surface area contributed by atoms with Crippen LogP contribution >= 0.6 is 0 Å². The van der Waals surface area contributed by atoms with Gasteiger partial charge in [-0.25, -0.2) is 9.97 Å². The van der Waals surface area contributed by atoms with Gasteiger partial charge in [-0.2, -0.15) is 8.78 Å². The van der Waals surface area contributed by atoms with E-state index in [0.29, 0.717) is 68.3 Å². The van der Waals surface area contributed by atoms with Crippen molar-refractivity contribution >= 4 is 23.0 Å². The highest BCUT2D eigenvalue weighted by Crippen LogP contribution is 2.39. The zero-order valence-electron chi connectivity index (χ0n) is 27.6. The Bertz CT molecular complexity index is 2090. The van der Waals surface area contributed by atoms with Crippen molar-refractivity contribution in [2.24, 2.45) is 0 Å². The molecule has 0 saturated carbocycles. The van der Waals surface area contributed by atoms with E-state index in [1.54, 1.807) is 11.0 Å².